The molecule has 6 heteroatoms. The van der Waals surface area contributed by atoms with Gasteiger partial charge in [0.1, 0.15) is 11.5 Å². The number of ether oxygens (including phenoxy) is 1. The normalized spacial score (nSPS) is 9.57. The molecule has 3 N–H and O–H groups in total. The number of aromatic nitrogens is 1. The predicted molar refractivity (Wildman–Crippen MR) is 82.8 cm³/mol. The molecule has 21 heavy (non-hydrogen) atoms. The fraction of sp³-hybridized carbons (Fsp3) is 0.200. The van der Waals surface area contributed by atoms with E-state index in [0.717, 1.165) is 16.1 Å². The van der Waals surface area contributed by atoms with E-state index >= 15 is 0 Å². The second kappa shape index (κ2) is 7.31. The summed E-state index contributed by atoms with van der Waals surface area (Å²) in [6, 6.07) is 9.48. The Kier molecular flexibility index (Phi) is 5.18. The van der Waals surface area contributed by atoms with E-state index in [1.807, 2.05) is 37.3 Å². The van der Waals surface area contributed by atoms with Gasteiger partial charge in [-0.05, 0) is 12.5 Å². The fourth-order valence-corrected chi connectivity index (χ4v) is 2.26. The lowest BCUT2D eigenvalue weighted by Gasteiger charge is -2.04. The summed E-state index contributed by atoms with van der Waals surface area (Å²) in [5.74, 6) is 5.76. The van der Waals surface area contributed by atoms with Crippen molar-refractivity contribution >= 4 is 22.6 Å². The summed E-state index contributed by atoms with van der Waals surface area (Å²) < 4.78 is 5.06. The minimum absolute atomic E-state index is 0.213. The standard InChI is InChI=1S/C15H15N3O2S/c1-11-13(21-14(16)18-11)8-5-9-17-15(19)20-10-12-6-3-2-4-7-12/h2-4,6-7H,9-10H2,1H3,(H2,16,18)(H,17,19). The van der Waals surface area contributed by atoms with Crippen LogP contribution in [0.25, 0.3) is 0 Å². The zero-order chi connectivity index (χ0) is 15.1. The second-order valence-electron chi connectivity index (χ2n) is 4.18. The molecule has 1 aromatic carbocycles. The van der Waals surface area contributed by atoms with Gasteiger partial charge >= 0.3 is 6.09 Å². The van der Waals surface area contributed by atoms with Crippen molar-refractivity contribution in [3.8, 4) is 11.8 Å². The van der Waals surface area contributed by atoms with E-state index in [1.54, 1.807) is 0 Å². The van der Waals surface area contributed by atoms with Gasteiger partial charge in [-0.2, -0.15) is 0 Å². The van der Waals surface area contributed by atoms with Gasteiger partial charge in [-0.15, -0.1) is 0 Å². The van der Waals surface area contributed by atoms with E-state index in [4.69, 9.17) is 10.5 Å². The van der Waals surface area contributed by atoms with Gasteiger partial charge in [-0.25, -0.2) is 9.78 Å². The van der Waals surface area contributed by atoms with E-state index in [2.05, 4.69) is 22.1 Å². The van der Waals surface area contributed by atoms with E-state index in [0.29, 0.717) is 5.13 Å². The Morgan fingerprint density at radius 2 is 2.19 bits per heavy atom. The zero-order valence-electron chi connectivity index (χ0n) is 11.6. The number of hydrogen-bond acceptors (Lipinski definition) is 5. The summed E-state index contributed by atoms with van der Waals surface area (Å²) in [6.07, 6.45) is -0.492. The highest BCUT2D eigenvalue weighted by Gasteiger charge is 2.02. The third-order valence-corrected chi connectivity index (χ3v) is 3.45. The van der Waals surface area contributed by atoms with Crippen molar-refractivity contribution in [2.45, 2.75) is 13.5 Å². The molecule has 1 heterocycles. The molecule has 2 rings (SSSR count). The number of nitrogen functional groups attached to an aromatic ring is 1. The molecule has 0 radical (unpaired) electrons. The highest BCUT2D eigenvalue weighted by Crippen LogP contribution is 2.17. The Bertz CT molecular complexity index is 671. The number of alkyl carbamates (subject to hydrolysis) is 1. The molecule has 0 aliphatic heterocycles. The number of nitrogens with zero attached hydrogens (tertiary/aromatic N) is 1. The Hall–Kier alpha value is -2.52. The van der Waals surface area contributed by atoms with Gasteiger partial charge in [0, 0.05) is 0 Å². The van der Waals surface area contributed by atoms with Crippen LogP contribution in [0.15, 0.2) is 30.3 Å². The van der Waals surface area contributed by atoms with Crippen molar-refractivity contribution in [3.05, 3.63) is 46.5 Å². The van der Waals surface area contributed by atoms with Crippen LogP contribution in [0.2, 0.25) is 0 Å². The maximum atomic E-state index is 11.5. The van der Waals surface area contributed by atoms with Crippen LogP contribution in [0.5, 0.6) is 0 Å². The summed E-state index contributed by atoms with van der Waals surface area (Å²) in [7, 11) is 0. The highest BCUT2D eigenvalue weighted by molar-refractivity contribution is 7.16. The number of benzene rings is 1. The summed E-state index contributed by atoms with van der Waals surface area (Å²) in [4.78, 5) is 16.3. The van der Waals surface area contributed by atoms with Gasteiger partial charge in [0.05, 0.1) is 12.2 Å². The van der Waals surface area contributed by atoms with Crippen molar-refractivity contribution in [2.24, 2.45) is 0 Å². The van der Waals surface area contributed by atoms with Gasteiger partial charge in [0.15, 0.2) is 5.13 Å². The number of aryl methyl sites for hydroxylation is 1. The molecule has 0 bridgehead atoms. The SMILES string of the molecule is Cc1nc(N)sc1C#CCNC(=O)OCc1ccccc1. The van der Waals surface area contributed by atoms with Gasteiger partial charge in [0.25, 0.3) is 0 Å². The van der Waals surface area contributed by atoms with Crippen LogP contribution in [0, 0.1) is 18.8 Å². The number of nitrogens with one attached hydrogen (secondary N) is 1. The Balaban J connectivity index is 1.74. The van der Waals surface area contributed by atoms with Gasteiger partial charge in [0.2, 0.25) is 0 Å². The number of carbonyl (C=O) groups is 1. The molecule has 5 nitrogen and oxygen atoms in total. The number of rotatable bonds is 3. The topological polar surface area (TPSA) is 77.2 Å². The first-order valence-electron chi connectivity index (χ1n) is 6.31. The van der Waals surface area contributed by atoms with Crippen molar-refractivity contribution in [3.63, 3.8) is 0 Å². The Morgan fingerprint density at radius 3 is 2.86 bits per heavy atom. The third-order valence-electron chi connectivity index (χ3n) is 2.55. The van der Waals surface area contributed by atoms with Crippen LogP contribution in [-0.4, -0.2) is 17.6 Å². The van der Waals surface area contributed by atoms with Gasteiger partial charge in [-0.1, -0.05) is 53.5 Å². The first kappa shape index (κ1) is 14.9. The molecule has 0 spiro atoms. The molecule has 0 fully saturated rings. The molecule has 0 saturated heterocycles. The quantitative estimate of drug-likeness (QED) is 0.853. The van der Waals surface area contributed by atoms with Crippen molar-refractivity contribution in [2.75, 3.05) is 12.3 Å². The minimum atomic E-state index is -0.492. The van der Waals surface area contributed by atoms with Crippen molar-refractivity contribution in [1.29, 1.82) is 0 Å². The van der Waals surface area contributed by atoms with Crippen LogP contribution in [0.4, 0.5) is 9.93 Å². The Morgan fingerprint density at radius 1 is 1.43 bits per heavy atom. The van der Waals surface area contributed by atoms with Gasteiger partial charge in [-0.3, -0.25) is 0 Å². The molecule has 0 aliphatic rings. The van der Waals surface area contributed by atoms with Crippen LogP contribution in [0.3, 0.4) is 0 Å². The largest absolute Gasteiger partial charge is 0.445 e. The highest BCUT2D eigenvalue weighted by atomic mass is 32.1. The third kappa shape index (κ3) is 4.82. The average molecular weight is 301 g/mol. The number of amides is 1. The number of carbonyl (C=O) groups excluding carboxylic acids is 1. The molecule has 0 atom stereocenters. The smallest absolute Gasteiger partial charge is 0.408 e. The maximum absolute atomic E-state index is 11.5. The molecular formula is C15H15N3O2S. The first-order valence-corrected chi connectivity index (χ1v) is 7.13. The van der Waals surface area contributed by atoms with Crippen LogP contribution < -0.4 is 11.1 Å². The fourth-order valence-electron chi connectivity index (χ4n) is 1.55. The van der Waals surface area contributed by atoms with Crippen LogP contribution in [0.1, 0.15) is 16.1 Å². The van der Waals surface area contributed by atoms with E-state index in [1.165, 1.54) is 11.3 Å². The number of nitrogens with two attached hydrogens (primary N) is 1. The molecule has 1 amide bonds. The van der Waals surface area contributed by atoms with Crippen LogP contribution in [-0.2, 0) is 11.3 Å². The lowest BCUT2D eigenvalue weighted by molar-refractivity contribution is 0.141. The molecule has 108 valence electrons. The maximum Gasteiger partial charge on any atom is 0.408 e. The lowest BCUT2D eigenvalue weighted by atomic mass is 10.2. The number of thiazole rings is 1. The van der Waals surface area contributed by atoms with Crippen molar-refractivity contribution < 1.29 is 9.53 Å². The molecule has 0 aliphatic carbocycles. The molecular weight excluding hydrogens is 286 g/mol. The monoisotopic (exact) mass is 301 g/mol. The summed E-state index contributed by atoms with van der Waals surface area (Å²) in [6.45, 7) is 2.30. The van der Waals surface area contributed by atoms with Crippen molar-refractivity contribution in [1.82, 2.24) is 10.3 Å². The average Bonchev–Trinajstić information content (AvgIpc) is 2.80. The summed E-state index contributed by atoms with van der Waals surface area (Å²) >= 11 is 1.33. The van der Waals surface area contributed by atoms with Crippen LogP contribution >= 0.6 is 11.3 Å². The first-order chi connectivity index (χ1) is 10.1. The van der Waals surface area contributed by atoms with E-state index in [9.17, 15) is 4.79 Å². The number of hydrogen-bond donors (Lipinski definition) is 2. The molecule has 2 aromatic rings. The van der Waals surface area contributed by atoms with E-state index < -0.39 is 6.09 Å². The lowest BCUT2D eigenvalue weighted by Crippen LogP contribution is -2.24. The predicted octanol–water partition coefficient (Wildman–Crippen LogP) is 2.31. The molecule has 0 saturated carbocycles. The van der Waals surface area contributed by atoms with E-state index in [-0.39, 0.29) is 13.2 Å². The summed E-state index contributed by atoms with van der Waals surface area (Å²) in [5.41, 5.74) is 7.32. The zero-order valence-corrected chi connectivity index (χ0v) is 12.4. The second-order valence-corrected chi connectivity index (χ2v) is 5.21. The van der Waals surface area contributed by atoms with Gasteiger partial charge < -0.3 is 15.8 Å². The minimum Gasteiger partial charge on any atom is -0.445 e. The molecule has 1 aromatic heterocycles. The number of anilines is 1. The summed E-state index contributed by atoms with van der Waals surface area (Å²) in [5, 5.41) is 3.06. The Labute approximate surface area is 127 Å². The molecule has 0 unspecified atom stereocenters.